The predicted octanol–water partition coefficient (Wildman–Crippen LogP) is 1.48. The lowest BCUT2D eigenvalue weighted by atomic mass is 10.1. The monoisotopic (exact) mass is 310 g/mol. The van der Waals surface area contributed by atoms with E-state index >= 15 is 0 Å². The standard InChI is InChI=1S/C14H18N4O2.ClH/c1-10(16-13(19)9-15-2)14-17-12(18-20-14)8-11-6-4-3-5-7-11;/h3-7,10,15H,8-9H2,1-2H3,(H,16,19);1H. The van der Waals surface area contributed by atoms with Gasteiger partial charge in [0, 0.05) is 6.42 Å². The first-order valence-electron chi connectivity index (χ1n) is 6.49. The van der Waals surface area contributed by atoms with Crippen molar-refractivity contribution in [1.82, 2.24) is 20.8 Å². The topological polar surface area (TPSA) is 80.0 Å². The second-order valence-electron chi connectivity index (χ2n) is 4.53. The number of halogens is 1. The Bertz CT molecular complexity index is 559. The summed E-state index contributed by atoms with van der Waals surface area (Å²) in [6, 6.07) is 9.62. The second-order valence-corrected chi connectivity index (χ2v) is 4.53. The van der Waals surface area contributed by atoms with Gasteiger partial charge in [0.05, 0.1) is 6.54 Å². The number of carbonyl (C=O) groups is 1. The van der Waals surface area contributed by atoms with Crippen molar-refractivity contribution in [1.29, 1.82) is 0 Å². The van der Waals surface area contributed by atoms with Crippen LogP contribution in [-0.4, -0.2) is 29.6 Å². The molecule has 0 fully saturated rings. The van der Waals surface area contributed by atoms with Crippen LogP contribution in [0.15, 0.2) is 34.9 Å². The smallest absolute Gasteiger partial charge is 0.248 e. The summed E-state index contributed by atoms with van der Waals surface area (Å²) in [5, 5.41) is 9.49. The van der Waals surface area contributed by atoms with E-state index in [1.165, 1.54) is 0 Å². The fourth-order valence-electron chi connectivity index (χ4n) is 1.81. The Morgan fingerprint density at radius 1 is 1.33 bits per heavy atom. The molecule has 6 nitrogen and oxygen atoms in total. The zero-order valence-corrected chi connectivity index (χ0v) is 12.8. The molecule has 0 aliphatic carbocycles. The first-order chi connectivity index (χ1) is 9.69. The Morgan fingerprint density at radius 3 is 2.71 bits per heavy atom. The summed E-state index contributed by atoms with van der Waals surface area (Å²) < 4.78 is 5.18. The van der Waals surface area contributed by atoms with E-state index in [2.05, 4.69) is 20.8 Å². The molecule has 1 aromatic carbocycles. The van der Waals surface area contributed by atoms with E-state index in [1.54, 1.807) is 7.05 Å². The lowest BCUT2D eigenvalue weighted by Gasteiger charge is -2.08. The van der Waals surface area contributed by atoms with Gasteiger partial charge in [0.25, 0.3) is 0 Å². The zero-order chi connectivity index (χ0) is 14.4. The van der Waals surface area contributed by atoms with Crippen molar-refractivity contribution in [3.8, 4) is 0 Å². The normalized spacial score (nSPS) is 11.5. The minimum Gasteiger partial charge on any atom is -0.343 e. The molecular formula is C14H19ClN4O2. The largest absolute Gasteiger partial charge is 0.343 e. The SMILES string of the molecule is CNCC(=O)NC(C)c1nc(Cc2ccccc2)no1.Cl. The first-order valence-corrected chi connectivity index (χ1v) is 6.49. The highest BCUT2D eigenvalue weighted by molar-refractivity contribution is 5.85. The van der Waals surface area contributed by atoms with Gasteiger partial charge in [-0.3, -0.25) is 4.79 Å². The molecule has 0 spiro atoms. The molecular weight excluding hydrogens is 292 g/mol. The van der Waals surface area contributed by atoms with E-state index in [1.807, 2.05) is 37.3 Å². The zero-order valence-electron chi connectivity index (χ0n) is 12.0. The summed E-state index contributed by atoms with van der Waals surface area (Å²) in [6.45, 7) is 2.07. The molecule has 1 heterocycles. The molecule has 0 saturated heterocycles. The number of rotatable bonds is 6. The lowest BCUT2D eigenvalue weighted by Crippen LogP contribution is -2.34. The van der Waals surface area contributed by atoms with Gasteiger partial charge in [-0.2, -0.15) is 4.98 Å². The molecule has 0 aliphatic rings. The van der Waals surface area contributed by atoms with Gasteiger partial charge < -0.3 is 15.2 Å². The summed E-state index contributed by atoms with van der Waals surface area (Å²) in [6.07, 6.45) is 0.613. The fourth-order valence-corrected chi connectivity index (χ4v) is 1.81. The summed E-state index contributed by atoms with van der Waals surface area (Å²) >= 11 is 0. The van der Waals surface area contributed by atoms with E-state index in [0.717, 1.165) is 5.56 Å². The Hall–Kier alpha value is -1.92. The molecule has 0 radical (unpaired) electrons. The van der Waals surface area contributed by atoms with Crippen LogP contribution in [0.5, 0.6) is 0 Å². The van der Waals surface area contributed by atoms with E-state index in [0.29, 0.717) is 18.1 Å². The van der Waals surface area contributed by atoms with Crippen LogP contribution in [-0.2, 0) is 11.2 Å². The highest BCUT2D eigenvalue weighted by Crippen LogP contribution is 2.12. The number of aromatic nitrogens is 2. The van der Waals surface area contributed by atoms with E-state index in [-0.39, 0.29) is 30.9 Å². The number of benzene rings is 1. The maximum absolute atomic E-state index is 11.5. The van der Waals surface area contributed by atoms with Crippen molar-refractivity contribution in [2.24, 2.45) is 0 Å². The molecule has 1 unspecified atom stereocenters. The molecule has 7 heteroatoms. The number of likely N-dealkylation sites (N-methyl/N-ethyl adjacent to an activating group) is 1. The van der Waals surface area contributed by atoms with Gasteiger partial charge in [-0.05, 0) is 19.5 Å². The molecule has 2 aromatic rings. The first kappa shape index (κ1) is 17.1. The molecule has 0 saturated carbocycles. The molecule has 1 atom stereocenters. The average Bonchev–Trinajstić information content (AvgIpc) is 2.89. The maximum atomic E-state index is 11.5. The highest BCUT2D eigenvalue weighted by atomic mass is 35.5. The fraction of sp³-hybridized carbons (Fsp3) is 0.357. The molecule has 21 heavy (non-hydrogen) atoms. The number of nitrogens with zero attached hydrogens (tertiary/aromatic N) is 2. The molecule has 1 amide bonds. The minimum atomic E-state index is -0.298. The Morgan fingerprint density at radius 2 is 2.05 bits per heavy atom. The van der Waals surface area contributed by atoms with Crippen LogP contribution in [0, 0.1) is 0 Å². The second kappa shape index (κ2) is 8.39. The Balaban J connectivity index is 0.00000220. The predicted molar refractivity (Wildman–Crippen MR) is 81.3 cm³/mol. The molecule has 2 rings (SSSR count). The van der Waals surface area contributed by atoms with E-state index in [9.17, 15) is 4.79 Å². The van der Waals surface area contributed by atoms with Crippen LogP contribution >= 0.6 is 12.4 Å². The van der Waals surface area contributed by atoms with E-state index < -0.39 is 0 Å². The van der Waals surface area contributed by atoms with Crippen LogP contribution in [0.2, 0.25) is 0 Å². The molecule has 1 aromatic heterocycles. The summed E-state index contributed by atoms with van der Waals surface area (Å²) in [4.78, 5) is 15.8. The van der Waals surface area contributed by atoms with Gasteiger partial charge in [-0.15, -0.1) is 12.4 Å². The van der Waals surface area contributed by atoms with Gasteiger partial charge in [-0.1, -0.05) is 35.5 Å². The van der Waals surface area contributed by atoms with Crippen LogP contribution in [0.25, 0.3) is 0 Å². The number of amides is 1. The summed E-state index contributed by atoms with van der Waals surface area (Å²) in [5.74, 6) is 0.920. The molecule has 114 valence electrons. The molecule has 2 N–H and O–H groups in total. The Kier molecular flexibility index (Phi) is 6.84. The van der Waals surface area contributed by atoms with Crippen LogP contribution in [0.3, 0.4) is 0 Å². The Labute approximate surface area is 129 Å². The molecule has 0 aliphatic heterocycles. The number of hydrogen-bond acceptors (Lipinski definition) is 5. The van der Waals surface area contributed by atoms with Crippen molar-refractivity contribution >= 4 is 18.3 Å². The third kappa shape index (κ3) is 5.17. The maximum Gasteiger partial charge on any atom is 0.248 e. The van der Waals surface area contributed by atoms with Crippen LogP contribution in [0.4, 0.5) is 0 Å². The van der Waals surface area contributed by atoms with Gasteiger partial charge >= 0.3 is 0 Å². The summed E-state index contributed by atoms with van der Waals surface area (Å²) in [5.41, 5.74) is 1.12. The van der Waals surface area contributed by atoms with Crippen molar-refractivity contribution < 1.29 is 9.32 Å². The number of carbonyl (C=O) groups excluding carboxylic acids is 1. The minimum absolute atomic E-state index is 0. The van der Waals surface area contributed by atoms with Gasteiger partial charge in [0.1, 0.15) is 6.04 Å². The summed E-state index contributed by atoms with van der Waals surface area (Å²) in [7, 11) is 1.72. The third-order valence-electron chi connectivity index (χ3n) is 2.77. The average molecular weight is 311 g/mol. The third-order valence-corrected chi connectivity index (χ3v) is 2.77. The van der Waals surface area contributed by atoms with E-state index in [4.69, 9.17) is 4.52 Å². The van der Waals surface area contributed by atoms with Crippen LogP contribution < -0.4 is 10.6 Å². The highest BCUT2D eigenvalue weighted by Gasteiger charge is 2.16. The van der Waals surface area contributed by atoms with Crippen molar-refractivity contribution in [3.63, 3.8) is 0 Å². The molecule has 0 bridgehead atoms. The van der Waals surface area contributed by atoms with Crippen molar-refractivity contribution in [2.75, 3.05) is 13.6 Å². The van der Waals surface area contributed by atoms with Gasteiger partial charge in [-0.25, -0.2) is 0 Å². The van der Waals surface area contributed by atoms with Crippen LogP contribution in [0.1, 0.15) is 30.2 Å². The van der Waals surface area contributed by atoms with Gasteiger partial charge in [0.2, 0.25) is 11.8 Å². The van der Waals surface area contributed by atoms with Crippen molar-refractivity contribution in [2.45, 2.75) is 19.4 Å². The number of hydrogen-bond donors (Lipinski definition) is 2. The van der Waals surface area contributed by atoms with Crippen molar-refractivity contribution in [3.05, 3.63) is 47.6 Å². The van der Waals surface area contributed by atoms with Gasteiger partial charge in [0.15, 0.2) is 5.82 Å². The quantitative estimate of drug-likeness (QED) is 0.845. The lowest BCUT2D eigenvalue weighted by molar-refractivity contribution is -0.120. The number of nitrogens with one attached hydrogen (secondary N) is 2.